The maximum Gasteiger partial charge on any atom is 0.225 e. The molecule has 20 heavy (non-hydrogen) atoms. The van der Waals surface area contributed by atoms with Crippen LogP contribution >= 0.6 is 12.4 Å². The second-order valence-electron chi connectivity index (χ2n) is 6.96. The minimum atomic E-state index is 0. The number of halogens is 1. The van der Waals surface area contributed by atoms with Gasteiger partial charge in [-0.1, -0.05) is 13.3 Å². The SMILES string of the molecule is CCCN(C(=O)C1CC2CCCC(C1)C2N)C1CC1.Cl. The second-order valence-corrected chi connectivity index (χ2v) is 6.96. The predicted octanol–water partition coefficient (Wildman–Crippen LogP) is 2.96. The zero-order valence-corrected chi connectivity index (χ0v) is 13.4. The third-order valence-corrected chi connectivity index (χ3v) is 5.50. The Hall–Kier alpha value is -0.280. The molecule has 2 bridgehead atoms. The van der Waals surface area contributed by atoms with Gasteiger partial charge in [-0.05, 0) is 56.8 Å². The number of carbonyl (C=O) groups is 1. The van der Waals surface area contributed by atoms with Crippen LogP contribution in [0.1, 0.15) is 58.3 Å². The first kappa shape index (κ1) is 16.1. The lowest BCUT2D eigenvalue weighted by molar-refractivity contribution is -0.139. The van der Waals surface area contributed by atoms with E-state index in [-0.39, 0.29) is 18.3 Å². The number of amides is 1. The monoisotopic (exact) mass is 300 g/mol. The highest BCUT2D eigenvalue weighted by Crippen LogP contribution is 2.43. The van der Waals surface area contributed by atoms with Crippen molar-refractivity contribution in [3.8, 4) is 0 Å². The standard InChI is InChI=1S/C16H28N2O.ClH/c1-2-8-18(14-6-7-14)16(19)13-9-11-4-3-5-12(10-13)15(11)17;/h11-15H,2-10,17H2,1H3;1H. The van der Waals surface area contributed by atoms with Gasteiger partial charge in [-0.3, -0.25) is 4.79 Å². The summed E-state index contributed by atoms with van der Waals surface area (Å²) in [6.45, 7) is 3.13. The minimum absolute atomic E-state index is 0. The zero-order valence-electron chi connectivity index (χ0n) is 12.6. The molecule has 0 heterocycles. The van der Waals surface area contributed by atoms with E-state index in [2.05, 4.69) is 11.8 Å². The molecule has 1 amide bonds. The highest BCUT2D eigenvalue weighted by Gasteiger charge is 2.43. The summed E-state index contributed by atoms with van der Waals surface area (Å²) >= 11 is 0. The summed E-state index contributed by atoms with van der Waals surface area (Å²) < 4.78 is 0. The van der Waals surface area contributed by atoms with E-state index < -0.39 is 0 Å². The smallest absolute Gasteiger partial charge is 0.225 e. The zero-order chi connectivity index (χ0) is 13.4. The number of carbonyl (C=O) groups excluding carboxylic acids is 1. The number of fused-ring (bicyclic) bond motifs is 2. The summed E-state index contributed by atoms with van der Waals surface area (Å²) in [5, 5.41) is 0. The fourth-order valence-corrected chi connectivity index (χ4v) is 4.33. The molecule has 2 unspecified atom stereocenters. The highest BCUT2D eigenvalue weighted by atomic mass is 35.5. The normalized spacial score (nSPS) is 36.1. The van der Waals surface area contributed by atoms with Crippen molar-refractivity contribution < 1.29 is 4.79 Å². The molecule has 3 rings (SSSR count). The van der Waals surface area contributed by atoms with Crippen molar-refractivity contribution in [2.24, 2.45) is 23.5 Å². The van der Waals surface area contributed by atoms with Crippen LogP contribution in [-0.2, 0) is 4.79 Å². The average molecular weight is 301 g/mol. The largest absolute Gasteiger partial charge is 0.339 e. The number of rotatable bonds is 4. The van der Waals surface area contributed by atoms with Gasteiger partial charge in [0.05, 0.1) is 0 Å². The van der Waals surface area contributed by atoms with Gasteiger partial charge in [0, 0.05) is 24.5 Å². The molecule has 0 spiro atoms. The van der Waals surface area contributed by atoms with E-state index in [9.17, 15) is 4.79 Å². The first-order chi connectivity index (χ1) is 9.20. The molecule has 3 aliphatic rings. The van der Waals surface area contributed by atoms with Crippen LogP contribution in [0.4, 0.5) is 0 Å². The Labute approximate surface area is 129 Å². The van der Waals surface area contributed by atoms with Crippen molar-refractivity contribution in [2.45, 2.75) is 70.4 Å². The van der Waals surface area contributed by atoms with Gasteiger partial charge in [0.1, 0.15) is 0 Å². The van der Waals surface area contributed by atoms with Crippen molar-refractivity contribution in [3.05, 3.63) is 0 Å². The van der Waals surface area contributed by atoms with Crippen LogP contribution < -0.4 is 5.73 Å². The molecule has 3 saturated carbocycles. The van der Waals surface area contributed by atoms with Gasteiger partial charge in [0.2, 0.25) is 5.91 Å². The Kier molecular flexibility index (Phi) is 5.36. The van der Waals surface area contributed by atoms with Gasteiger partial charge in [-0.25, -0.2) is 0 Å². The van der Waals surface area contributed by atoms with Crippen LogP contribution in [0, 0.1) is 17.8 Å². The topological polar surface area (TPSA) is 46.3 Å². The van der Waals surface area contributed by atoms with E-state index in [1.807, 2.05) is 0 Å². The molecular formula is C16H29ClN2O. The van der Waals surface area contributed by atoms with Gasteiger partial charge in [0.25, 0.3) is 0 Å². The average Bonchev–Trinajstić information content (AvgIpc) is 3.19. The third-order valence-electron chi connectivity index (χ3n) is 5.50. The summed E-state index contributed by atoms with van der Waals surface area (Å²) in [7, 11) is 0. The Morgan fingerprint density at radius 1 is 1.15 bits per heavy atom. The van der Waals surface area contributed by atoms with Gasteiger partial charge in [-0.2, -0.15) is 0 Å². The lowest BCUT2D eigenvalue weighted by atomic mass is 9.65. The molecule has 0 aromatic carbocycles. The molecule has 116 valence electrons. The molecule has 2 N–H and O–H groups in total. The van der Waals surface area contributed by atoms with E-state index in [0.717, 1.165) is 25.8 Å². The summed E-state index contributed by atoms with van der Waals surface area (Å²) in [6, 6.07) is 0.946. The summed E-state index contributed by atoms with van der Waals surface area (Å²) in [5.74, 6) is 1.96. The lowest BCUT2D eigenvalue weighted by Crippen LogP contribution is -2.50. The number of nitrogens with zero attached hydrogens (tertiary/aromatic N) is 1. The molecule has 0 aliphatic heterocycles. The van der Waals surface area contributed by atoms with Gasteiger partial charge >= 0.3 is 0 Å². The van der Waals surface area contributed by atoms with Crippen LogP contribution in [0.3, 0.4) is 0 Å². The van der Waals surface area contributed by atoms with Gasteiger partial charge in [0.15, 0.2) is 0 Å². The lowest BCUT2D eigenvalue weighted by Gasteiger charge is -2.44. The molecule has 0 aromatic rings. The quantitative estimate of drug-likeness (QED) is 0.867. The Bertz CT molecular complexity index is 331. The van der Waals surface area contributed by atoms with Crippen LogP contribution in [0.15, 0.2) is 0 Å². The molecule has 0 radical (unpaired) electrons. The molecule has 2 atom stereocenters. The second kappa shape index (κ2) is 6.65. The first-order valence-corrected chi connectivity index (χ1v) is 8.26. The van der Waals surface area contributed by atoms with Crippen LogP contribution in [-0.4, -0.2) is 29.4 Å². The number of hydrogen-bond acceptors (Lipinski definition) is 2. The van der Waals surface area contributed by atoms with Crippen LogP contribution in [0.5, 0.6) is 0 Å². The van der Waals surface area contributed by atoms with Crippen molar-refractivity contribution in [1.82, 2.24) is 4.90 Å². The van der Waals surface area contributed by atoms with Crippen molar-refractivity contribution >= 4 is 18.3 Å². The van der Waals surface area contributed by atoms with E-state index in [1.165, 1.54) is 32.1 Å². The Balaban J connectivity index is 0.00000147. The fourth-order valence-electron chi connectivity index (χ4n) is 4.33. The number of nitrogens with two attached hydrogens (primary N) is 1. The van der Waals surface area contributed by atoms with Crippen LogP contribution in [0.25, 0.3) is 0 Å². The Morgan fingerprint density at radius 2 is 1.75 bits per heavy atom. The van der Waals surface area contributed by atoms with E-state index in [0.29, 0.717) is 29.8 Å². The summed E-state index contributed by atoms with van der Waals surface area (Å²) in [5.41, 5.74) is 6.33. The van der Waals surface area contributed by atoms with Crippen molar-refractivity contribution in [2.75, 3.05) is 6.54 Å². The van der Waals surface area contributed by atoms with Gasteiger partial charge in [-0.15, -0.1) is 12.4 Å². The Morgan fingerprint density at radius 3 is 2.25 bits per heavy atom. The van der Waals surface area contributed by atoms with E-state index in [4.69, 9.17) is 5.73 Å². The third kappa shape index (κ3) is 3.14. The summed E-state index contributed by atoms with van der Waals surface area (Å²) in [4.78, 5) is 15.0. The number of hydrogen-bond donors (Lipinski definition) is 1. The molecule has 0 aromatic heterocycles. The first-order valence-electron chi connectivity index (χ1n) is 8.26. The molecular weight excluding hydrogens is 272 g/mol. The molecule has 0 saturated heterocycles. The van der Waals surface area contributed by atoms with Crippen molar-refractivity contribution in [3.63, 3.8) is 0 Å². The fraction of sp³-hybridized carbons (Fsp3) is 0.938. The maximum absolute atomic E-state index is 12.8. The minimum Gasteiger partial charge on any atom is -0.339 e. The predicted molar refractivity (Wildman–Crippen MR) is 83.8 cm³/mol. The molecule has 3 fully saturated rings. The van der Waals surface area contributed by atoms with E-state index >= 15 is 0 Å². The molecule has 4 heteroatoms. The summed E-state index contributed by atoms with van der Waals surface area (Å²) in [6.07, 6.45) is 9.48. The molecule has 3 nitrogen and oxygen atoms in total. The maximum atomic E-state index is 12.8. The molecule has 3 aliphatic carbocycles. The highest BCUT2D eigenvalue weighted by molar-refractivity contribution is 5.85. The van der Waals surface area contributed by atoms with Gasteiger partial charge < -0.3 is 10.6 Å². The van der Waals surface area contributed by atoms with Crippen LogP contribution in [0.2, 0.25) is 0 Å². The van der Waals surface area contributed by atoms with E-state index in [1.54, 1.807) is 0 Å². The van der Waals surface area contributed by atoms with Crippen molar-refractivity contribution in [1.29, 1.82) is 0 Å².